The predicted molar refractivity (Wildman–Crippen MR) is 81.5 cm³/mol. The van der Waals surface area contributed by atoms with Crippen molar-refractivity contribution in [1.29, 1.82) is 0 Å². The van der Waals surface area contributed by atoms with E-state index in [1.807, 2.05) is 0 Å². The minimum absolute atomic E-state index is 0.0846. The third kappa shape index (κ3) is 4.66. The van der Waals surface area contributed by atoms with E-state index in [0.29, 0.717) is 0 Å². The highest BCUT2D eigenvalue weighted by Crippen LogP contribution is 2.40. The van der Waals surface area contributed by atoms with Gasteiger partial charge in [-0.1, -0.05) is 0 Å². The van der Waals surface area contributed by atoms with Crippen LogP contribution in [0.15, 0.2) is 12.4 Å². The first-order chi connectivity index (χ1) is 12.4. The van der Waals surface area contributed by atoms with E-state index in [0.717, 1.165) is 15.7 Å². The van der Waals surface area contributed by atoms with Crippen molar-refractivity contribution in [2.24, 2.45) is 13.0 Å². The van der Waals surface area contributed by atoms with Gasteiger partial charge in [-0.05, 0) is 12.8 Å². The molecule has 2 rings (SSSR count). The fourth-order valence-electron chi connectivity index (χ4n) is 3.04. The van der Waals surface area contributed by atoms with Gasteiger partial charge in [-0.2, -0.15) is 26.3 Å². The zero-order chi connectivity index (χ0) is 20.5. The summed E-state index contributed by atoms with van der Waals surface area (Å²) in [5, 5.41) is 12.3. The lowest BCUT2D eigenvalue weighted by Gasteiger charge is -2.34. The lowest BCUT2D eigenvalue weighted by atomic mass is 9.97. The standard InChI is InChI=1S/C15H20F6N4O2/c1-24-8-6-22-11(24)13(27,15(19,20)21)4-5-23-12(26)25-7-2-3-10(9-25)14(16,17)18/h6,8,10,27H,2-5,7,9H2,1H3,(H,23,26)/t10-,13+/m0/s1. The van der Waals surface area contributed by atoms with Gasteiger partial charge in [0, 0.05) is 45.5 Å². The number of carbonyl (C=O) groups excluding carboxylic acids is 1. The maximum absolute atomic E-state index is 13.4. The Balaban J connectivity index is 1.99. The highest BCUT2D eigenvalue weighted by atomic mass is 19.4. The van der Waals surface area contributed by atoms with E-state index in [1.165, 1.54) is 13.2 Å². The van der Waals surface area contributed by atoms with E-state index >= 15 is 0 Å². The molecule has 0 unspecified atom stereocenters. The van der Waals surface area contributed by atoms with Gasteiger partial charge in [0.25, 0.3) is 0 Å². The van der Waals surface area contributed by atoms with Crippen LogP contribution < -0.4 is 5.32 Å². The van der Waals surface area contributed by atoms with Crippen LogP contribution in [0, 0.1) is 5.92 Å². The smallest absolute Gasteiger partial charge is 0.374 e. The van der Waals surface area contributed by atoms with E-state index in [9.17, 15) is 36.2 Å². The van der Waals surface area contributed by atoms with Crippen LogP contribution in [0.4, 0.5) is 31.1 Å². The lowest BCUT2D eigenvalue weighted by molar-refractivity contribution is -0.272. The van der Waals surface area contributed by atoms with Crippen LogP contribution in [0.25, 0.3) is 0 Å². The second kappa shape index (κ2) is 7.56. The van der Waals surface area contributed by atoms with Crippen molar-refractivity contribution < 1.29 is 36.2 Å². The maximum atomic E-state index is 13.4. The molecule has 0 spiro atoms. The van der Waals surface area contributed by atoms with Crippen molar-refractivity contribution in [1.82, 2.24) is 19.8 Å². The van der Waals surface area contributed by atoms with Crippen molar-refractivity contribution in [2.75, 3.05) is 19.6 Å². The van der Waals surface area contributed by atoms with Crippen molar-refractivity contribution in [2.45, 2.75) is 37.2 Å². The molecule has 2 amide bonds. The van der Waals surface area contributed by atoms with Crippen LogP contribution in [0.5, 0.6) is 0 Å². The molecular weight excluding hydrogens is 382 g/mol. The molecule has 1 aliphatic heterocycles. The molecule has 6 nitrogen and oxygen atoms in total. The fraction of sp³-hybridized carbons (Fsp3) is 0.733. The molecule has 2 N–H and O–H groups in total. The van der Waals surface area contributed by atoms with Gasteiger partial charge in [-0.3, -0.25) is 0 Å². The lowest BCUT2D eigenvalue weighted by Crippen LogP contribution is -2.50. The number of likely N-dealkylation sites (tertiary alicyclic amines) is 1. The van der Waals surface area contributed by atoms with Crippen LogP contribution in [0.3, 0.4) is 0 Å². The highest BCUT2D eigenvalue weighted by molar-refractivity contribution is 5.74. The van der Waals surface area contributed by atoms with Gasteiger partial charge in [0.1, 0.15) is 5.82 Å². The quantitative estimate of drug-likeness (QED) is 0.761. The number of nitrogens with one attached hydrogen (secondary N) is 1. The summed E-state index contributed by atoms with van der Waals surface area (Å²) in [5.41, 5.74) is -3.30. The van der Waals surface area contributed by atoms with E-state index < -0.39 is 55.2 Å². The first kappa shape index (κ1) is 21.3. The number of halogens is 6. The summed E-state index contributed by atoms with van der Waals surface area (Å²) in [4.78, 5) is 16.5. The Kier molecular flexibility index (Phi) is 5.97. The van der Waals surface area contributed by atoms with Crippen molar-refractivity contribution >= 4 is 6.03 Å². The van der Waals surface area contributed by atoms with Crippen LogP contribution >= 0.6 is 0 Å². The molecule has 2 heterocycles. The molecule has 2 atom stereocenters. The Hall–Kier alpha value is -1.98. The molecule has 12 heteroatoms. The fourth-order valence-corrected chi connectivity index (χ4v) is 3.04. The normalized spacial score (nSPS) is 21.0. The molecule has 1 aromatic rings. The maximum Gasteiger partial charge on any atom is 0.424 e. The number of alkyl halides is 6. The Morgan fingerprint density at radius 3 is 2.52 bits per heavy atom. The summed E-state index contributed by atoms with van der Waals surface area (Å²) in [6, 6.07) is -0.895. The SMILES string of the molecule is Cn1ccnc1[C@](O)(CCNC(=O)N1CCC[C@H](C(F)(F)F)C1)C(F)(F)F. The molecule has 154 valence electrons. The number of aryl methyl sites for hydroxylation is 1. The Bertz CT molecular complexity index is 659. The molecule has 1 saturated heterocycles. The number of urea groups is 1. The summed E-state index contributed by atoms with van der Waals surface area (Å²) in [6.45, 7) is -1.05. The number of aromatic nitrogens is 2. The number of carbonyl (C=O) groups is 1. The van der Waals surface area contributed by atoms with Crippen LogP contribution in [0.1, 0.15) is 25.1 Å². The molecule has 0 bridgehead atoms. The number of hydrogen-bond donors (Lipinski definition) is 2. The monoisotopic (exact) mass is 402 g/mol. The van der Waals surface area contributed by atoms with Crippen molar-refractivity contribution in [3.63, 3.8) is 0 Å². The van der Waals surface area contributed by atoms with Gasteiger partial charge >= 0.3 is 18.4 Å². The van der Waals surface area contributed by atoms with Crippen molar-refractivity contribution in [3.8, 4) is 0 Å². The predicted octanol–water partition coefficient (Wildman–Crippen LogP) is 2.54. The van der Waals surface area contributed by atoms with E-state index in [-0.39, 0.29) is 19.4 Å². The molecule has 0 aliphatic carbocycles. The first-order valence-corrected chi connectivity index (χ1v) is 8.22. The largest absolute Gasteiger partial charge is 0.424 e. The number of nitrogens with zero attached hydrogens (tertiary/aromatic N) is 3. The number of hydrogen-bond acceptors (Lipinski definition) is 3. The second-order valence-corrected chi connectivity index (χ2v) is 6.53. The molecule has 0 aromatic carbocycles. The average Bonchev–Trinajstić information content (AvgIpc) is 2.99. The molecule has 27 heavy (non-hydrogen) atoms. The Morgan fingerprint density at radius 2 is 2.00 bits per heavy atom. The minimum Gasteiger partial charge on any atom is -0.374 e. The van der Waals surface area contributed by atoms with Gasteiger partial charge in [-0.15, -0.1) is 0 Å². The van der Waals surface area contributed by atoms with Crippen molar-refractivity contribution in [3.05, 3.63) is 18.2 Å². The zero-order valence-electron chi connectivity index (χ0n) is 14.4. The number of piperidine rings is 1. The summed E-state index contributed by atoms with van der Waals surface area (Å²) in [5.74, 6) is -2.30. The third-order valence-corrected chi connectivity index (χ3v) is 4.59. The van der Waals surface area contributed by atoms with Gasteiger partial charge < -0.3 is 19.9 Å². The van der Waals surface area contributed by atoms with Gasteiger partial charge in [0.15, 0.2) is 0 Å². The number of aliphatic hydroxyl groups is 1. The molecule has 0 saturated carbocycles. The van der Waals surface area contributed by atoms with E-state index in [1.54, 1.807) is 0 Å². The second-order valence-electron chi connectivity index (χ2n) is 6.53. The van der Waals surface area contributed by atoms with Gasteiger partial charge in [-0.25, -0.2) is 9.78 Å². The molecule has 1 aromatic heterocycles. The van der Waals surface area contributed by atoms with Crippen LogP contribution in [0.2, 0.25) is 0 Å². The zero-order valence-corrected chi connectivity index (χ0v) is 14.4. The molecular formula is C15H20F6N4O2. The number of imidazole rings is 1. The Labute approximate surface area is 151 Å². The van der Waals surface area contributed by atoms with Gasteiger partial charge in [0.2, 0.25) is 5.60 Å². The van der Waals surface area contributed by atoms with Gasteiger partial charge in [0.05, 0.1) is 5.92 Å². The minimum atomic E-state index is -5.05. The van der Waals surface area contributed by atoms with E-state index in [4.69, 9.17) is 0 Å². The summed E-state index contributed by atoms with van der Waals surface area (Å²) >= 11 is 0. The Morgan fingerprint density at radius 1 is 1.33 bits per heavy atom. The third-order valence-electron chi connectivity index (χ3n) is 4.59. The molecule has 1 aliphatic rings. The summed E-state index contributed by atoms with van der Waals surface area (Å²) in [7, 11) is 1.28. The van der Waals surface area contributed by atoms with Crippen LogP contribution in [-0.4, -0.2) is 57.6 Å². The topological polar surface area (TPSA) is 70.4 Å². The average molecular weight is 402 g/mol. The first-order valence-electron chi connectivity index (χ1n) is 8.22. The van der Waals surface area contributed by atoms with E-state index in [2.05, 4.69) is 10.3 Å². The summed E-state index contributed by atoms with van der Waals surface area (Å²) in [6.07, 6.45) is -8.04. The number of rotatable bonds is 4. The highest BCUT2D eigenvalue weighted by Gasteiger charge is 2.57. The van der Waals surface area contributed by atoms with Crippen LogP contribution in [-0.2, 0) is 12.6 Å². The summed E-state index contributed by atoms with van der Waals surface area (Å²) < 4.78 is 79.4. The molecule has 0 radical (unpaired) electrons. The number of amides is 2. The molecule has 1 fully saturated rings.